The molecule has 0 spiro atoms. The van der Waals surface area contributed by atoms with Gasteiger partial charge >= 0.3 is 0 Å². The molecule has 1 unspecified atom stereocenters. The topological polar surface area (TPSA) is 55.8 Å². The van der Waals surface area contributed by atoms with E-state index in [0.717, 1.165) is 19.3 Å². The van der Waals surface area contributed by atoms with Crippen molar-refractivity contribution in [3.05, 3.63) is 95.1 Å². The number of halogens is 2. The average molecular weight is 484 g/mol. The smallest absolute Gasteiger partial charge is 0.199 e. The number of phenolic OH excluding ortho intramolecular Hbond substituents is 1. The van der Waals surface area contributed by atoms with Gasteiger partial charge in [-0.2, -0.15) is 0 Å². The Hall–Kier alpha value is -4.21. The number of aromatic hydroxyl groups is 1. The molecule has 1 aliphatic heterocycles. The molecule has 0 saturated carbocycles. The van der Waals surface area contributed by atoms with E-state index in [0.29, 0.717) is 40.5 Å². The van der Waals surface area contributed by atoms with Crippen LogP contribution in [0.25, 0.3) is 21.9 Å². The number of carbonyl (C=O) groups excluding carboxylic acids is 1. The van der Waals surface area contributed by atoms with E-state index < -0.39 is 11.6 Å². The van der Waals surface area contributed by atoms with E-state index in [2.05, 4.69) is 11.8 Å². The summed E-state index contributed by atoms with van der Waals surface area (Å²) in [5, 5.41) is 11.3. The Balaban J connectivity index is 1.43. The van der Waals surface area contributed by atoms with Crippen LogP contribution in [0.15, 0.2) is 66.7 Å². The summed E-state index contributed by atoms with van der Waals surface area (Å²) in [6.45, 7) is 0.670. The fourth-order valence-electron chi connectivity index (χ4n) is 4.25. The van der Waals surface area contributed by atoms with Crippen LogP contribution < -0.4 is 4.74 Å². The molecule has 0 aromatic heterocycles. The minimum Gasteiger partial charge on any atom is -0.507 e. The third-order valence-electron chi connectivity index (χ3n) is 6.16. The molecule has 5 rings (SSSR count). The number of hydrogen-bond acceptors (Lipinski definition) is 4. The average Bonchev–Trinajstić information content (AvgIpc) is 2.92. The molecule has 1 aliphatic rings. The van der Waals surface area contributed by atoms with Gasteiger partial charge in [0.05, 0.1) is 17.7 Å². The zero-order valence-corrected chi connectivity index (χ0v) is 19.3. The Morgan fingerprint density at radius 2 is 1.67 bits per heavy atom. The van der Waals surface area contributed by atoms with E-state index in [1.54, 1.807) is 48.5 Å². The van der Waals surface area contributed by atoms with Gasteiger partial charge in [-0.25, -0.2) is 8.78 Å². The third-order valence-corrected chi connectivity index (χ3v) is 6.16. The molecule has 0 aliphatic carbocycles. The van der Waals surface area contributed by atoms with Crippen LogP contribution in [0.2, 0.25) is 0 Å². The number of rotatable bonds is 4. The van der Waals surface area contributed by atoms with Crippen molar-refractivity contribution in [2.75, 3.05) is 6.61 Å². The highest BCUT2D eigenvalue weighted by Gasteiger charge is 2.17. The lowest BCUT2D eigenvalue weighted by molar-refractivity contribution is -0.105. The monoisotopic (exact) mass is 484 g/mol. The highest BCUT2D eigenvalue weighted by molar-refractivity contribution is 5.99. The van der Waals surface area contributed by atoms with E-state index in [4.69, 9.17) is 9.47 Å². The number of aldehydes is 1. The van der Waals surface area contributed by atoms with E-state index in [1.165, 1.54) is 18.2 Å². The van der Waals surface area contributed by atoms with Crippen molar-refractivity contribution in [1.29, 1.82) is 0 Å². The zero-order valence-electron chi connectivity index (χ0n) is 19.3. The Bertz CT molecular complexity index is 1490. The van der Waals surface area contributed by atoms with Crippen molar-refractivity contribution < 1.29 is 28.2 Å². The Labute approximate surface area is 207 Å². The highest BCUT2D eigenvalue weighted by Crippen LogP contribution is 2.31. The van der Waals surface area contributed by atoms with Gasteiger partial charge in [-0.05, 0) is 48.7 Å². The van der Waals surface area contributed by atoms with Gasteiger partial charge in [0.1, 0.15) is 11.5 Å². The first-order chi connectivity index (χ1) is 17.5. The van der Waals surface area contributed by atoms with Crippen LogP contribution in [0.4, 0.5) is 8.78 Å². The molecule has 0 radical (unpaired) electrons. The van der Waals surface area contributed by atoms with Crippen molar-refractivity contribution in [1.82, 2.24) is 0 Å². The second kappa shape index (κ2) is 10.2. The second-order valence-corrected chi connectivity index (χ2v) is 8.50. The summed E-state index contributed by atoms with van der Waals surface area (Å²) in [7, 11) is 0. The maximum Gasteiger partial charge on any atom is 0.199 e. The van der Waals surface area contributed by atoms with Gasteiger partial charge < -0.3 is 14.6 Å². The molecule has 4 nitrogen and oxygen atoms in total. The van der Waals surface area contributed by atoms with Crippen LogP contribution in [0, 0.1) is 23.5 Å². The molecule has 180 valence electrons. The van der Waals surface area contributed by atoms with Crippen LogP contribution in [0.3, 0.4) is 0 Å². The number of ether oxygens (including phenoxy) is 2. The molecule has 1 saturated heterocycles. The largest absolute Gasteiger partial charge is 0.507 e. The predicted octanol–water partition coefficient (Wildman–Crippen LogP) is 6.61. The number of benzene rings is 4. The molecular weight excluding hydrogens is 462 g/mol. The Morgan fingerprint density at radius 1 is 0.917 bits per heavy atom. The van der Waals surface area contributed by atoms with Crippen molar-refractivity contribution in [3.63, 3.8) is 0 Å². The number of phenols is 1. The van der Waals surface area contributed by atoms with Crippen LogP contribution >= 0.6 is 0 Å². The fraction of sp³-hybridized carbons (Fsp3) is 0.167. The van der Waals surface area contributed by atoms with Crippen LogP contribution in [0.5, 0.6) is 11.5 Å². The third kappa shape index (κ3) is 4.66. The van der Waals surface area contributed by atoms with E-state index >= 15 is 0 Å². The normalized spacial score (nSPS) is 15.2. The quantitative estimate of drug-likeness (QED) is 0.262. The maximum atomic E-state index is 15.0. The molecule has 1 fully saturated rings. The lowest BCUT2D eigenvalue weighted by Gasteiger charge is -2.23. The summed E-state index contributed by atoms with van der Waals surface area (Å²) in [5.74, 6) is 3.89. The number of hydrogen-bond donors (Lipinski definition) is 1. The molecule has 1 heterocycles. The highest BCUT2D eigenvalue weighted by atomic mass is 19.2. The summed E-state index contributed by atoms with van der Waals surface area (Å²) in [6, 6.07) is 18.0. The van der Waals surface area contributed by atoms with Gasteiger partial charge in [0.15, 0.2) is 24.2 Å². The first-order valence-electron chi connectivity index (χ1n) is 11.6. The Morgan fingerprint density at radius 3 is 2.39 bits per heavy atom. The van der Waals surface area contributed by atoms with E-state index in [9.17, 15) is 18.7 Å². The van der Waals surface area contributed by atoms with Gasteiger partial charge in [0, 0.05) is 28.3 Å². The van der Waals surface area contributed by atoms with Crippen molar-refractivity contribution in [2.45, 2.75) is 25.6 Å². The summed E-state index contributed by atoms with van der Waals surface area (Å²) in [5.41, 5.74) is 0.990. The van der Waals surface area contributed by atoms with Gasteiger partial charge in [-0.1, -0.05) is 48.2 Å². The first-order valence-corrected chi connectivity index (χ1v) is 11.6. The van der Waals surface area contributed by atoms with Gasteiger partial charge in [0.2, 0.25) is 0 Å². The first kappa shape index (κ1) is 23.5. The van der Waals surface area contributed by atoms with Gasteiger partial charge in [-0.3, -0.25) is 4.79 Å². The molecule has 36 heavy (non-hydrogen) atoms. The van der Waals surface area contributed by atoms with E-state index in [1.807, 2.05) is 0 Å². The number of carbonyl (C=O) groups is 1. The van der Waals surface area contributed by atoms with Crippen molar-refractivity contribution in [2.24, 2.45) is 0 Å². The molecule has 1 N–H and O–H groups in total. The molecule has 4 aromatic rings. The minimum absolute atomic E-state index is 0.0717. The fourth-order valence-corrected chi connectivity index (χ4v) is 4.25. The molecule has 0 amide bonds. The summed E-state index contributed by atoms with van der Waals surface area (Å²) in [6.07, 6.45) is 3.13. The Kier molecular flexibility index (Phi) is 6.66. The van der Waals surface area contributed by atoms with Crippen LogP contribution in [-0.2, 0) is 4.74 Å². The van der Waals surface area contributed by atoms with Gasteiger partial charge in [-0.15, -0.1) is 0 Å². The van der Waals surface area contributed by atoms with Crippen molar-refractivity contribution >= 4 is 17.1 Å². The maximum absolute atomic E-state index is 15.0. The second-order valence-electron chi connectivity index (χ2n) is 8.50. The number of fused-ring (bicyclic) bond motifs is 1. The minimum atomic E-state index is -1.06. The molecular formula is C30H22F2O4. The van der Waals surface area contributed by atoms with Crippen LogP contribution in [-0.4, -0.2) is 24.3 Å². The zero-order chi connectivity index (χ0) is 25.1. The molecule has 4 aromatic carbocycles. The summed E-state index contributed by atoms with van der Waals surface area (Å²) >= 11 is 0. The van der Waals surface area contributed by atoms with Crippen LogP contribution in [0.1, 0.15) is 40.7 Å². The SMILES string of the molecule is O=Cc1cc(C#Cc2ccc(-c3ccc(OC4CCCCO4)cc3)c(F)c2F)c2ccccc2c1O. The predicted molar refractivity (Wildman–Crippen MR) is 133 cm³/mol. The lowest BCUT2D eigenvalue weighted by Crippen LogP contribution is -2.24. The van der Waals surface area contributed by atoms with Crippen molar-refractivity contribution in [3.8, 4) is 34.5 Å². The molecule has 0 bridgehead atoms. The summed E-state index contributed by atoms with van der Waals surface area (Å²) < 4.78 is 41.3. The van der Waals surface area contributed by atoms with Gasteiger partial charge in [0.25, 0.3) is 0 Å². The molecule has 1 atom stereocenters. The lowest BCUT2D eigenvalue weighted by atomic mass is 9.99. The molecule has 6 heteroatoms. The standard InChI is InChI=1S/C30H22F2O4/c31-28-20(8-9-21-17-22(18-33)30(34)26-6-2-1-5-24(21)26)12-15-25(29(28)32)19-10-13-23(14-11-19)36-27-7-3-4-16-35-27/h1-2,5-6,10-15,17-18,27,34H,3-4,7,16H2. The van der Waals surface area contributed by atoms with E-state index in [-0.39, 0.29) is 28.7 Å². The summed E-state index contributed by atoms with van der Waals surface area (Å²) in [4.78, 5) is 11.4.